The van der Waals surface area contributed by atoms with Crippen molar-refractivity contribution >= 4 is 11.8 Å². The first-order valence-electron chi connectivity index (χ1n) is 10.2. The minimum Gasteiger partial charge on any atom is -0.374 e. The van der Waals surface area contributed by atoms with E-state index >= 15 is 0 Å². The molecule has 3 aliphatic heterocycles. The van der Waals surface area contributed by atoms with Crippen LogP contribution in [0.1, 0.15) is 61.4 Å². The number of benzene rings is 1. The first-order chi connectivity index (χ1) is 13.6. The third-order valence-corrected chi connectivity index (χ3v) is 6.12. The van der Waals surface area contributed by atoms with Gasteiger partial charge in [0, 0.05) is 30.5 Å². The second-order valence-electron chi connectivity index (χ2n) is 7.92. The summed E-state index contributed by atoms with van der Waals surface area (Å²) in [6.07, 6.45) is 4.38. The minimum atomic E-state index is -0.838. The van der Waals surface area contributed by atoms with Gasteiger partial charge in [-0.1, -0.05) is 24.0 Å². The monoisotopic (exact) mass is 381 g/mol. The van der Waals surface area contributed by atoms with Crippen molar-refractivity contribution in [3.05, 3.63) is 34.9 Å². The summed E-state index contributed by atoms with van der Waals surface area (Å²) in [5.41, 5.74) is 2.74. The highest BCUT2D eigenvalue weighted by atomic mass is 16.3. The Morgan fingerprint density at radius 2 is 2.00 bits per heavy atom. The highest BCUT2D eigenvalue weighted by Crippen LogP contribution is 2.36. The zero-order chi connectivity index (χ0) is 19.5. The van der Waals surface area contributed by atoms with Crippen LogP contribution in [-0.2, 0) is 16.1 Å². The topological polar surface area (TPSA) is 81.7 Å². The molecule has 1 aromatic carbocycles. The average molecular weight is 381 g/mol. The number of nitrogens with one attached hydrogen (secondary N) is 2. The largest absolute Gasteiger partial charge is 0.374 e. The first kappa shape index (κ1) is 19.1. The molecule has 3 heterocycles. The van der Waals surface area contributed by atoms with Crippen LogP contribution in [0.25, 0.3) is 0 Å². The summed E-state index contributed by atoms with van der Waals surface area (Å²) in [4.78, 5) is 25.4. The zero-order valence-electron chi connectivity index (χ0n) is 16.0. The van der Waals surface area contributed by atoms with Gasteiger partial charge < -0.3 is 10.4 Å². The second-order valence-corrected chi connectivity index (χ2v) is 7.92. The fraction of sp³-hybridized carbons (Fsp3) is 0.545. The standard InChI is InChI=1S/C22H27N3O3/c26-20-9-8-19(21(27)24-20)25-14-18-16(6-3-7-17(18)22(25)28)5-2-1-4-15-10-12-23-13-11-15/h3,6-7,15,19,22-23,28H,1,4,8-14H2,(H,24,26,27). The van der Waals surface area contributed by atoms with Crippen LogP contribution in [-0.4, -0.2) is 41.0 Å². The van der Waals surface area contributed by atoms with Crippen LogP contribution in [0.2, 0.25) is 0 Å². The molecule has 3 N–H and O–H groups in total. The average Bonchev–Trinajstić information content (AvgIpc) is 3.03. The lowest BCUT2D eigenvalue weighted by Crippen LogP contribution is -2.51. The summed E-state index contributed by atoms with van der Waals surface area (Å²) in [6.45, 7) is 2.69. The van der Waals surface area contributed by atoms with E-state index in [-0.39, 0.29) is 11.8 Å². The second kappa shape index (κ2) is 8.44. The molecule has 0 saturated carbocycles. The number of carbonyl (C=O) groups is 2. The molecular formula is C22H27N3O3. The molecular weight excluding hydrogens is 354 g/mol. The van der Waals surface area contributed by atoms with Gasteiger partial charge in [0.1, 0.15) is 6.23 Å². The van der Waals surface area contributed by atoms with Crippen molar-refractivity contribution in [2.45, 2.75) is 57.3 Å². The number of piperidine rings is 2. The fourth-order valence-corrected chi connectivity index (χ4v) is 4.47. The van der Waals surface area contributed by atoms with Crippen molar-refractivity contribution in [1.82, 2.24) is 15.5 Å². The number of rotatable bonds is 3. The summed E-state index contributed by atoms with van der Waals surface area (Å²) in [5.74, 6) is 6.80. The van der Waals surface area contributed by atoms with Crippen LogP contribution in [0, 0.1) is 17.8 Å². The lowest BCUT2D eigenvalue weighted by Gasteiger charge is -2.31. The molecule has 0 spiro atoms. The summed E-state index contributed by atoms with van der Waals surface area (Å²) >= 11 is 0. The Morgan fingerprint density at radius 3 is 2.79 bits per heavy atom. The third-order valence-electron chi connectivity index (χ3n) is 6.12. The number of carbonyl (C=O) groups excluding carboxylic acids is 2. The number of fused-ring (bicyclic) bond motifs is 1. The number of amides is 2. The molecule has 2 amide bonds. The normalized spacial score (nSPS) is 25.8. The lowest BCUT2D eigenvalue weighted by atomic mass is 9.93. The molecule has 28 heavy (non-hydrogen) atoms. The van der Waals surface area contributed by atoms with E-state index in [1.165, 1.54) is 12.8 Å². The van der Waals surface area contributed by atoms with Crippen molar-refractivity contribution < 1.29 is 14.7 Å². The molecule has 2 unspecified atom stereocenters. The van der Waals surface area contributed by atoms with E-state index in [9.17, 15) is 14.7 Å². The Kier molecular flexibility index (Phi) is 5.77. The Hall–Kier alpha value is -2.20. The predicted octanol–water partition coefficient (Wildman–Crippen LogP) is 1.43. The first-order valence-corrected chi connectivity index (χ1v) is 10.2. The van der Waals surface area contributed by atoms with Gasteiger partial charge in [-0.15, -0.1) is 0 Å². The minimum absolute atomic E-state index is 0.243. The van der Waals surface area contributed by atoms with Crippen LogP contribution in [0.4, 0.5) is 0 Å². The van der Waals surface area contributed by atoms with Crippen molar-refractivity contribution in [2.24, 2.45) is 5.92 Å². The molecule has 2 fully saturated rings. The Bertz CT molecular complexity index is 820. The van der Waals surface area contributed by atoms with Crippen molar-refractivity contribution in [1.29, 1.82) is 0 Å². The van der Waals surface area contributed by atoms with E-state index in [4.69, 9.17) is 0 Å². The lowest BCUT2D eigenvalue weighted by molar-refractivity contribution is -0.141. The van der Waals surface area contributed by atoms with Crippen LogP contribution >= 0.6 is 0 Å². The van der Waals surface area contributed by atoms with Crippen molar-refractivity contribution in [3.63, 3.8) is 0 Å². The van der Waals surface area contributed by atoms with Crippen LogP contribution in [0.5, 0.6) is 0 Å². The van der Waals surface area contributed by atoms with E-state index in [0.29, 0.717) is 19.4 Å². The smallest absolute Gasteiger partial charge is 0.244 e. The Labute approximate surface area is 165 Å². The van der Waals surface area contributed by atoms with E-state index in [0.717, 1.165) is 48.5 Å². The highest BCUT2D eigenvalue weighted by Gasteiger charge is 2.40. The van der Waals surface area contributed by atoms with Crippen LogP contribution < -0.4 is 10.6 Å². The molecule has 148 valence electrons. The summed E-state index contributed by atoms with van der Waals surface area (Å²) in [6, 6.07) is 5.30. The van der Waals surface area contributed by atoms with E-state index < -0.39 is 12.3 Å². The Morgan fingerprint density at radius 1 is 1.18 bits per heavy atom. The molecule has 1 aromatic rings. The molecule has 4 rings (SSSR count). The molecule has 0 bridgehead atoms. The van der Waals surface area contributed by atoms with Crippen molar-refractivity contribution in [2.75, 3.05) is 13.1 Å². The van der Waals surface area contributed by atoms with E-state index in [2.05, 4.69) is 22.5 Å². The molecule has 6 nitrogen and oxygen atoms in total. The van der Waals surface area contributed by atoms with Gasteiger partial charge in [-0.05, 0) is 56.3 Å². The summed E-state index contributed by atoms with van der Waals surface area (Å²) in [5, 5.41) is 16.5. The maximum absolute atomic E-state index is 12.2. The molecule has 3 aliphatic rings. The molecule has 2 saturated heterocycles. The van der Waals surface area contributed by atoms with Gasteiger partial charge in [0.05, 0.1) is 6.04 Å². The van der Waals surface area contributed by atoms with Gasteiger partial charge in [0.2, 0.25) is 11.8 Å². The SMILES string of the molecule is O=C1CCC(N2Cc3c(C#CCCC4CCNCC4)cccc3C2O)C(=O)N1. The van der Waals surface area contributed by atoms with Gasteiger partial charge >= 0.3 is 0 Å². The van der Waals surface area contributed by atoms with Gasteiger partial charge in [-0.25, -0.2) is 0 Å². The number of imide groups is 1. The number of hydrogen-bond donors (Lipinski definition) is 3. The van der Waals surface area contributed by atoms with Crippen LogP contribution in [0.15, 0.2) is 18.2 Å². The summed E-state index contributed by atoms with van der Waals surface area (Å²) < 4.78 is 0. The van der Waals surface area contributed by atoms with Crippen LogP contribution in [0.3, 0.4) is 0 Å². The number of nitrogens with zero attached hydrogens (tertiary/aromatic N) is 1. The van der Waals surface area contributed by atoms with E-state index in [1.807, 2.05) is 18.2 Å². The zero-order valence-corrected chi connectivity index (χ0v) is 16.0. The van der Waals surface area contributed by atoms with Gasteiger partial charge in [-0.3, -0.25) is 19.8 Å². The van der Waals surface area contributed by atoms with E-state index in [1.54, 1.807) is 4.90 Å². The highest BCUT2D eigenvalue weighted by molar-refractivity contribution is 6.00. The van der Waals surface area contributed by atoms with Crippen molar-refractivity contribution in [3.8, 4) is 11.8 Å². The molecule has 6 heteroatoms. The Balaban J connectivity index is 1.44. The molecule has 0 radical (unpaired) electrons. The third kappa shape index (κ3) is 3.97. The summed E-state index contributed by atoms with van der Waals surface area (Å²) in [7, 11) is 0. The molecule has 2 atom stereocenters. The predicted molar refractivity (Wildman–Crippen MR) is 105 cm³/mol. The molecule has 0 aliphatic carbocycles. The van der Waals surface area contributed by atoms with Gasteiger partial charge in [0.25, 0.3) is 0 Å². The molecule has 0 aromatic heterocycles. The number of aliphatic hydroxyl groups excluding tert-OH is 1. The number of aliphatic hydroxyl groups is 1. The quantitative estimate of drug-likeness (QED) is 0.545. The van der Waals surface area contributed by atoms with Gasteiger partial charge in [-0.2, -0.15) is 0 Å². The van der Waals surface area contributed by atoms with Gasteiger partial charge in [0.15, 0.2) is 0 Å². The fourth-order valence-electron chi connectivity index (χ4n) is 4.47. The number of hydrogen-bond acceptors (Lipinski definition) is 5. The maximum Gasteiger partial charge on any atom is 0.244 e. The maximum atomic E-state index is 12.2.